The molecule has 9 heteroatoms. The SMILES string of the molecule is CC(C)OCCCNC(=O)C(Cc1ccccc1)N(Cc1ccccc1)C(=O)CCc1ccc(S(=O)(=O)N2CCCC2)cc1. The average molecular weight is 620 g/mol. The third-order valence-electron chi connectivity index (χ3n) is 7.79. The molecule has 0 saturated carbocycles. The van der Waals surface area contributed by atoms with E-state index in [2.05, 4.69) is 5.32 Å². The highest BCUT2D eigenvalue weighted by molar-refractivity contribution is 7.89. The lowest BCUT2D eigenvalue weighted by atomic mass is 10.0. The number of carbonyl (C=O) groups is 2. The van der Waals surface area contributed by atoms with Crippen LogP contribution in [0.4, 0.5) is 0 Å². The molecule has 0 radical (unpaired) electrons. The van der Waals surface area contributed by atoms with Gasteiger partial charge in [-0.1, -0.05) is 72.8 Å². The Morgan fingerprint density at radius 3 is 2.09 bits per heavy atom. The van der Waals surface area contributed by atoms with Gasteiger partial charge in [0.25, 0.3) is 0 Å². The van der Waals surface area contributed by atoms with Crippen molar-refractivity contribution in [2.45, 2.75) is 76.0 Å². The van der Waals surface area contributed by atoms with Gasteiger partial charge in [-0.3, -0.25) is 9.59 Å². The second-order valence-electron chi connectivity index (χ2n) is 11.5. The Bertz CT molecular complexity index is 1420. The van der Waals surface area contributed by atoms with E-state index in [1.807, 2.05) is 74.5 Å². The molecule has 0 bridgehead atoms. The molecular formula is C35H45N3O5S. The number of hydrogen-bond acceptors (Lipinski definition) is 5. The van der Waals surface area contributed by atoms with Crippen molar-refractivity contribution < 1.29 is 22.7 Å². The monoisotopic (exact) mass is 619 g/mol. The molecular weight excluding hydrogens is 574 g/mol. The van der Waals surface area contributed by atoms with Gasteiger partial charge in [-0.25, -0.2) is 8.42 Å². The number of nitrogens with zero attached hydrogens (tertiary/aromatic N) is 2. The maximum Gasteiger partial charge on any atom is 0.243 e. The van der Waals surface area contributed by atoms with Gasteiger partial charge in [0, 0.05) is 45.6 Å². The number of nitrogens with one attached hydrogen (secondary N) is 1. The van der Waals surface area contributed by atoms with E-state index in [9.17, 15) is 18.0 Å². The zero-order valence-electron chi connectivity index (χ0n) is 25.9. The van der Waals surface area contributed by atoms with Crippen LogP contribution in [0.15, 0.2) is 89.8 Å². The lowest BCUT2D eigenvalue weighted by molar-refractivity contribution is -0.141. The van der Waals surface area contributed by atoms with Crippen LogP contribution in [0.5, 0.6) is 0 Å². The van der Waals surface area contributed by atoms with Crippen molar-refractivity contribution in [1.82, 2.24) is 14.5 Å². The molecule has 0 aromatic heterocycles. The first kappa shape index (κ1) is 33.4. The molecule has 1 N–H and O–H groups in total. The van der Waals surface area contributed by atoms with Crippen molar-refractivity contribution in [3.63, 3.8) is 0 Å². The zero-order valence-corrected chi connectivity index (χ0v) is 26.7. The number of carbonyl (C=O) groups excluding carboxylic acids is 2. The predicted octanol–water partition coefficient (Wildman–Crippen LogP) is 4.98. The highest BCUT2D eigenvalue weighted by Gasteiger charge is 2.30. The molecule has 0 spiro atoms. The van der Waals surface area contributed by atoms with E-state index in [1.165, 1.54) is 4.31 Å². The van der Waals surface area contributed by atoms with Gasteiger partial charge in [0.1, 0.15) is 6.04 Å². The summed E-state index contributed by atoms with van der Waals surface area (Å²) in [5, 5.41) is 3.04. The molecule has 0 aliphatic carbocycles. The standard InChI is InChI=1S/C35H45N3O5S/c1-28(2)43-25-11-22-36-35(40)33(26-30-12-5-3-6-13-30)38(27-31-14-7-4-8-15-31)34(39)21-18-29-16-19-32(20-17-29)44(41,42)37-23-9-10-24-37/h3-8,12-17,19-20,28,33H,9-11,18,21-27H2,1-2H3,(H,36,40). The fourth-order valence-electron chi connectivity index (χ4n) is 5.36. The topological polar surface area (TPSA) is 96.0 Å². The third-order valence-corrected chi connectivity index (χ3v) is 9.70. The van der Waals surface area contributed by atoms with Crippen LogP contribution in [0.25, 0.3) is 0 Å². The summed E-state index contributed by atoms with van der Waals surface area (Å²) in [6, 6.07) is 25.6. The smallest absolute Gasteiger partial charge is 0.243 e. The van der Waals surface area contributed by atoms with E-state index in [0.29, 0.717) is 52.0 Å². The Balaban J connectivity index is 1.50. The highest BCUT2D eigenvalue weighted by atomic mass is 32.2. The van der Waals surface area contributed by atoms with Crippen molar-refractivity contribution >= 4 is 21.8 Å². The summed E-state index contributed by atoms with van der Waals surface area (Å²) >= 11 is 0. The fraction of sp³-hybridized carbons (Fsp3) is 0.429. The van der Waals surface area contributed by atoms with Gasteiger partial charge in [0.2, 0.25) is 21.8 Å². The minimum atomic E-state index is -3.50. The van der Waals surface area contributed by atoms with Crippen molar-refractivity contribution in [3.05, 3.63) is 102 Å². The van der Waals surface area contributed by atoms with Crippen LogP contribution >= 0.6 is 0 Å². The molecule has 3 aromatic rings. The summed E-state index contributed by atoms with van der Waals surface area (Å²) in [5.74, 6) is -0.332. The van der Waals surface area contributed by atoms with Crippen molar-refractivity contribution in [3.8, 4) is 0 Å². The molecule has 3 aromatic carbocycles. The Morgan fingerprint density at radius 2 is 1.48 bits per heavy atom. The summed E-state index contributed by atoms with van der Waals surface area (Å²) in [6.45, 7) is 6.37. The van der Waals surface area contributed by atoms with Gasteiger partial charge in [0.15, 0.2) is 0 Å². The van der Waals surface area contributed by atoms with E-state index >= 15 is 0 Å². The molecule has 8 nitrogen and oxygen atoms in total. The summed E-state index contributed by atoms with van der Waals surface area (Å²) in [4.78, 5) is 29.6. The molecule has 1 aliphatic rings. The van der Waals surface area contributed by atoms with Crippen LogP contribution in [0, 0.1) is 0 Å². The quantitative estimate of drug-likeness (QED) is 0.228. The number of sulfonamides is 1. The summed E-state index contributed by atoms with van der Waals surface area (Å²) < 4.78 is 33.0. The Kier molecular flexibility index (Phi) is 12.5. The Morgan fingerprint density at radius 1 is 0.864 bits per heavy atom. The van der Waals surface area contributed by atoms with Gasteiger partial charge in [-0.15, -0.1) is 0 Å². The molecule has 1 heterocycles. The highest BCUT2D eigenvalue weighted by Crippen LogP contribution is 2.22. The van der Waals surface area contributed by atoms with Gasteiger partial charge in [-0.05, 0) is 68.4 Å². The van der Waals surface area contributed by atoms with Crippen LogP contribution in [0.3, 0.4) is 0 Å². The van der Waals surface area contributed by atoms with Crippen molar-refractivity contribution in [2.75, 3.05) is 26.2 Å². The van der Waals surface area contributed by atoms with Crippen molar-refractivity contribution in [2.24, 2.45) is 0 Å². The van der Waals surface area contributed by atoms with Crippen LogP contribution < -0.4 is 5.32 Å². The molecule has 1 unspecified atom stereocenters. The van der Waals surface area contributed by atoms with Crippen molar-refractivity contribution in [1.29, 1.82) is 0 Å². The average Bonchev–Trinajstić information content (AvgIpc) is 3.59. The van der Waals surface area contributed by atoms with Gasteiger partial charge < -0.3 is 15.0 Å². The minimum Gasteiger partial charge on any atom is -0.379 e. The number of benzene rings is 3. The molecule has 1 atom stereocenters. The molecule has 1 saturated heterocycles. The molecule has 2 amide bonds. The zero-order chi connectivity index (χ0) is 31.4. The molecule has 1 aliphatic heterocycles. The minimum absolute atomic E-state index is 0.126. The lowest BCUT2D eigenvalue weighted by Crippen LogP contribution is -2.50. The van der Waals surface area contributed by atoms with E-state index in [0.717, 1.165) is 29.5 Å². The number of hydrogen-bond donors (Lipinski definition) is 1. The van der Waals surface area contributed by atoms with E-state index in [1.54, 1.807) is 29.2 Å². The Labute approximate surface area is 262 Å². The van der Waals surface area contributed by atoms with E-state index in [4.69, 9.17) is 4.74 Å². The van der Waals surface area contributed by atoms with Gasteiger partial charge in [-0.2, -0.15) is 4.31 Å². The molecule has 44 heavy (non-hydrogen) atoms. The van der Waals surface area contributed by atoms with Crippen LogP contribution in [0.2, 0.25) is 0 Å². The summed E-state index contributed by atoms with van der Waals surface area (Å²) in [6.07, 6.45) is 3.58. The van der Waals surface area contributed by atoms with Crippen LogP contribution in [-0.4, -0.2) is 67.8 Å². The predicted molar refractivity (Wildman–Crippen MR) is 172 cm³/mol. The Hall–Kier alpha value is -3.53. The van der Waals surface area contributed by atoms with Crippen LogP contribution in [-0.2, 0) is 43.7 Å². The largest absolute Gasteiger partial charge is 0.379 e. The van der Waals surface area contributed by atoms with E-state index < -0.39 is 16.1 Å². The first-order chi connectivity index (χ1) is 21.2. The third kappa shape index (κ3) is 9.74. The van der Waals surface area contributed by atoms with Gasteiger partial charge in [0.05, 0.1) is 11.0 Å². The number of rotatable bonds is 16. The fourth-order valence-corrected chi connectivity index (χ4v) is 6.87. The number of aryl methyl sites for hydroxylation is 1. The molecule has 1 fully saturated rings. The van der Waals surface area contributed by atoms with Crippen LogP contribution in [0.1, 0.15) is 56.2 Å². The van der Waals surface area contributed by atoms with Gasteiger partial charge >= 0.3 is 0 Å². The second kappa shape index (κ2) is 16.5. The first-order valence-electron chi connectivity index (χ1n) is 15.6. The van der Waals surface area contributed by atoms with E-state index in [-0.39, 0.29) is 29.2 Å². The maximum absolute atomic E-state index is 13.9. The first-order valence-corrected chi connectivity index (χ1v) is 17.0. The summed E-state index contributed by atoms with van der Waals surface area (Å²) in [5.41, 5.74) is 2.78. The number of ether oxygens (including phenoxy) is 1. The number of amides is 2. The summed E-state index contributed by atoms with van der Waals surface area (Å²) in [7, 11) is -3.50. The molecule has 236 valence electrons. The normalized spacial score (nSPS) is 14.4. The maximum atomic E-state index is 13.9. The molecule has 4 rings (SSSR count). The lowest BCUT2D eigenvalue weighted by Gasteiger charge is -2.31. The second-order valence-corrected chi connectivity index (χ2v) is 13.5.